The van der Waals surface area contributed by atoms with Gasteiger partial charge in [-0.05, 0) is 301 Å². The molecule has 0 aliphatic heterocycles. The first-order valence-corrected chi connectivity index (χ1v) is 44.5. The first-order chi connectivity index (χ1) is 58.7. The zero-order chi connectivity index (χ0) is 87.7. The number of carbonyl (C=O) groups is 1. The summed E-state index contributed by atoms with van der Waals surface area (Å²) in [6.45, 7) is 13.6. The molecule has 0 saturated heterocycles. The van der Waals surface area contributed by atoms with E-state index in [2.05, 4.69) is 113 Å². The molecular weight excluding hydrogens is 1640 g/mol. The minimum absolute atomic E-state index is 0.00142. The van der Waals surface area contributed by atoms with Crippen molar-refractivity contribution in [3.63, 3.8) is 0 Å². The van der Waals surface area contributed by atoms with Gasteiger partial charge in [-0.3, -0.25) is 19.9 Å². The van der Waals surface area contributed by atoms with Gasteiger partial charge in [0.2, 0.25) is 40.1 Å². The van der Waals surface area contributed by atoms with Gasteiger partial charge in [-0.1, -0.05) is 69.3 Å². The normalized spacial score (nSPS) is 11.6. The number of nitrogens with zero attached hydrogens (tertiary/aromatic N) is 12. The van der Waals surface area contributed by atoms with Crippen LogP contribution in [0.2, 0.25) is 0 Å². The van der Waals surface area contributed by atoms with Gasteiger partial charge in [-0.2, -0.15) is 20.4 Å². The van der Waals surface area contributed by atoms with Crippen LogP contribution in [0.15, 0.2) is 312 Å². The van der Waals surface area contributed by atoms with Gasteiger partial charge >= 0.3 is 5.97 Å². The highest BCUT2D eigenvalue weighted by Crippen LogP contribution is 2.38. The number of sulfonamides is 4. The molecule has 8 aromatic heterocycles. The van der Waals surface area contributed by atoms with Gasteiger partial charge in [0, 0.05) is 71.8 Å². The van der Waals surface area contributed by atoms with Crippen LogP contribution in [0.1, 0.15) is 76.5 Å². The van der Waals surface area contributed by atoms with Crippen molar-refractivity contribution >= 4 is 46.1 Å². The molecule has 0 fully saturated rings. The van der Waals surface area contributed by atoms with Crippen LogP contribution in [0, 0.1) is 27.7 Å². The van der Waals surface area contributed by atoms with E-state index < -0.39 is 52.7 Å². The Morgan fingerprint density at radius 2 is 0.602 bits per heavy atom. The second kappa shape index (κ2) is 37.1. The van der Waals surface area contributed by atoms with Gasteiger partial charge in [0.15, 0.2) is 5.69 Å². The second-order valence-corrected chi connectivity index (χ2v) is 35.2. The topological polar surface area (TPSA) is 390 Å². The molecule has 31 heteroatoms. The molecule has 624 valence electrons. The van der Waals surface area contributed by atoms with E-state index in [1.54, 1.807) is 120 Å². The first-order valence-electron chi connectivity index (χ1n) is 38.4. The maximum atomic E-state index is 13.4. The summed E-state index contributed by atoms with van der Waals surface area (Å²) in [4.78, 5) is 28.7. The smallest absolute Gasteiger partial charge is 0.358 e. The Morgan fingerprint density at radius 3 is 0.870 bits per heavy atom. The molecule has 8 aromatic carbocycles. The molecule has 0 bridgehead atoms. The van der Waals surface area contributed by atoms with Gasteiger partial charge in [-0.25, -0.2) is 82.1 Å². The highest BCUT2D eigenvalue weighted by Gasteiger charge is 2.24. The zero-order valence-electron chi connectivity index (χ0n) is 68.0. The van der Waals surface area contributed by atoms with Crippen LogP contribution in [0.5, 0.6) is 0 Å². The van der Waals surface area contributed by atoms with Gasteiger partial charge in [0.05, 0.1) is 89.3 Å². The molecule has 0 atom stereocenters. The number of esters is 1. The molecule has 0 aliphatic rings. The van der Waals surface area contributed by atoms with E-state index in [1.807, 2.05) is 108 Å². The highest BCUT2D eigenvalue weighted by molar-refractivity contribution is 7.90. The van der Waals surface area contributed by atoms with E-state index in [1.165, 1.54) is 55.6 Å². The first kappa shape index (κ1) is 87.1. The molecule has 8 N–H and O–H groups in total. The third kappa shape index (κ3) is 20.5. The van der Waals surface area contributed by atoms with E-state index in [0.29, 0.717) is 22.8 Å². The lowest BCUT2D eigenvalue weighted by molar-refractivity contribution is 0.0593. The molecule has 26 nitrogen and oxygen atoms in total. The number of rotatable bonds is 20. The predicted molar refractivity (Wildman–Crippen MR) is 473 cm³/mol. The van der Waals surface area contributed by atoms with Gasteiger partial charge in [0.25, 0.3) is 0 Å². The number of aromatic nitrogens is 12. The summed E-state index contributed by atoms with van der Waals surface area (Å²) in [6.07, 6.45) is 14.8. The summed E-state index contributed by atoms with van der Waals surface area (Å²) >= 11 is 0. The van der Waals surface area contributed by atoms with Gasteiger partial charge < -0.3 is 4.74 Å². The van der Waals surface area contributed by atoms with Crippen molar-refractivity contribution in [2.45, 2.75) is 87.1 Å². The number of pyridine rings is 4. The van der Waals surface area contributed by atoms with Crippen molar-refractivity contribution in [1.29, 1.82) is 0 Å². The molecule has 16 rings (SSSR count). The van der Waals surface area contributed by atoms with E-state index in [4.69, 9.17) is 35.5 Å². The fraction of sp³-hybridized carbons (Fsp3) is 0.120. The minimum atomic E-state index is -3.83. The minimum Gasteiger partial charge on any atom is -0.464 e. The van der Waals surface area contributed by atoms with Crippen molar-refractivity contribution in [1.82, 2.24) is 59.1 Å². The number of alkyl halides is 1. The van der Waals surface area contributed by atoms with Crippen LogP contribution in [0.3, 0.4) is 0 Å². The number of ether oxygens (including phenoxy) is 1. The number of halogens is 1. The number of methoxy groups -OCH3 is 1. The van der Waals surface area contributed by atoms with Crippen LogP contribution in [0.25, 0.3) is 112 Å². The molecule has 0 spiro atoms. The standard InChI is InChI=1S/C24H24N4O2S.C23H20N4O4S.C23H22N4O2S.C22H19FN4O2S/c1-16(2)23-15-24(28(27-23)20-6-8-21(9-7-20)31(25,29)30)22-14-19(5-4-17(22)3)18-10-12-26-13-11-18;1-15-3-4-17(16-9-11-25-12-10-16)13-20(15)22-14-21(23(28)31-2)26-27(22)18-5-7-19(8-6-18)32(24,29)30;1-3-19-15-23(27(26-19)20-6-8-21(9-7-20)30(24,28)29)22-14-18(5-4-16(22)2)17-10-12-25-13-11-17;1-15-2-3-17(16-8-10-25-11-9-16)12-21(15)22-13-18(14-23)26-27(22)19-4-6-20(7-5-19)30(24,28)29/h4-16H,1-3H3,(H2,25,29,30);3-14H,1-2H3,(H2,24,29,30);4-15H,3H2,1-2H3,(H2,24,28,29);2-13H,14H2,1H3,(H2,24,28,29). The maximum Gasteiger partial charge on any atom is 0.358 e. The van der Waals surface area contributed by atoms with Crippen molar-refractivity contribution < 1.29 is 47.6 Å². The monoisotopic (exact) mass is 1720 g/mol. The largest absolute Gasteiger partial charge is 0.464 e. The van der Waals surface area contributed by atoms with E-state index >= 15 is 0 Å². The zero-order valence-corrected chi connectivity index (χ0v) is 71.2. The molecule has 123 heavy (non-hydrogen) atoms. The number of primary sulfonamides is 4. The number of nitrogens with two attached hydrogens (primary N) is 4. The van der Waals surface area contributed by atoms with E-state index in [9.17, 15) is 42.9 Å². The van der Waals surface area contributed by atoms with Crippen LogP contribution in [-0.2, 0) is 57.9 Å². The number of benzene rings is 8. The number of aryl methyl sites for hydroxylation is 5. The van der Waals surface area contributed by atoms with Crippen molar-refractivity contribution in [2.24, 2.45) is 20.6 Å². The molecular formula is C92H85FN16O10S4. The van der Waals surface area contributed by atoms with Gasteiger partial charge in [0.1, 0.15) is 6.67 Å². The van der Waals surface area contributed by atoms with E-state index in [-0.39, 0.29) is 36.9 Å². The van der Waals surface area contributed by atoms with Crippen LogP contribution < -0.4 is 20.6 Å². The Labute approximate surface area is 712 Å². The molecule has 8 heterocycles. The lowest BCUT2D eigenvalue weighted by atomic mass is 9.98. The van der Waals surface area contributed by atoms with Crippen LogP contribution >= 0.6 is 0 Å². The lowest BCUT2D eigenvalue weighted by Gasteiger charge is -2.12. The quantitative estimate of drug-likeness (QED) is 0.0515. The molecule has 0 amide bonds. The average Bonchev–Trinajstić information content (AvgIpc) is 1.69. The van der Waals surface area contributed by atoms with Gasteiger partial charge in [-0.15, -0.1) is 0 Å². The molecule has 0 saturated carbocycles. The Hall–Kier alpha value is -13.8. The fourth-order valence-electron chi connectivity index (χ4n) is 13.5. The molecule has 0 aliphatic carbocycles. The summed E-state index contributed by atoms with van der Waals surface area (Å²) in [6, 6.07) is 72.7. The Balaban J connectivity index is 0.000000141. The maximum absolute atomic E-state index is 13.4. The lowest BCUT2D eigenvalue weighted by Crippen LogP contribution is -2.12. The molecule has 16 aromatic rings. The number of carbonyl (C=O) groups excluding carboxylic acids is 1. The average molecular weight is 1720 g/mol. The SMILES string of the molecule is CCc1cc(-c2cc(-c3ccncc3)ccc2C)n(-c2ccc(S(N)(=O)=O)cc2)n1.COC(=O)c1cc(-c2cc(-c3ccncc3)ccc2C)n(-c2ccc(S(N)(=O)=O)cc2)n1.Cc1ccc(-c2ccncc2)cc1-c1cc(C(C)C)nn1-c1ccc(S(N)(=O)=O)cc1.Cc1ccc(-c2ccncc2)cc1-c1cc(CF)nn1-c1ccc(S(N)(=O)=O)cc1. The summed E-state index contributed by atoms with van der Waals surface area (Å²) in [5.41, 5.74) is 24.7. The third-order valence-electron chi connectivity index (χ3n) is 20.2. The summed E-state index contributed by atoms with van der Waals surface area (Å²) in [7, 11) is -13.8. The fourth-order valence-corrected chi connectivity index (χ4v) is 15.6. The molecule has 0 unspecified atom stereocenters. The van der Waals surface area contributed by atoms with Crippen LogP contribution in [0.4, 0.5) is 4.39 Å². The summed E-state index contributed by atoms with van der Waals surface area (Å²) in [5, 5.41) is 39.2. The third-order valence-corrected chi connectivity index (χ3v) is 23.9. The highest BCUT2D eigenvalue weighted by atomic mass is 32.2. The Morgan fingerprint density at radius 1 is 0.341 bits per heavy atom. The number of hydrogen-bond donors (Lipinski definition) is 4. The predicted octanol–water partition coefficient (Wildman–Crippen LogP) is 16.2. The Kier molecular flexibility index (Phi) is 26.2. The summed E-state index contributed by atoms with van der Waals surface area (Å²) in [5.74, 6) is -0.332. The second-order valence-electron chi connectivity index (χ2n) is 28.9. The van der Waals surface area contributed by atoms with Crippen LogP contribution in [-0.4, -0.2) is 106 Å². The van der Waals surface area contributed by atoms with E-state index in [0.717, 1.165) is 130 Å². The van der Waals surface area contributed by atoms with Crippen molar-refractivity contribution in [2.75, 3.05) is 7.11 Å². The molecule has 0 radical (unpaired) electrons. The van der Waals surface area contributed by atoms with Crippen molar-refractivity contribution in [3.05, 3.63) is 337 Å². The Bertz CT molecular complexity index is 6800. The number of hydrogen-bond acceptors (Lipinski definition) is 18. The summed E-state index contributed by atoms with van der Waals surface area (Å²) < 4.78 is 118. The van der Waals surface area contributed by atoms with Crippen molar-refractivity contribution in [3.8, 4) is 112 Å².